The fraction of sp³-hybridized carbons (Fsp3) is 0.472. The lowest BCUT2D eigenvalue weighted by atomic mass is 9.84. The number of carbonyl (C=O) groups is 5. The van der Waals surface area contributed by atoms with Crippen LogP contribution in [0.4, 0.5) is 0 Å². The lowest BCUT2D eigenvalue weighted by molar-refractivity contribution is -0.156. The second-order valence-corrected chi connectivity index (χ2v) is 19.9. The Balaban J connectivity index is 1.17. The van der Waals surface area contributed by atoms with Gasteiger partial charge in [-0.25, -0.2) is 5.43 Å². The number of esters is 1. The normalized spacial score (nSPS) is 23.0. The molecule has 4 amide bonds. The van der Waals surface area contributed by atoms with Crippen molar-refractivity contribution in [3.63, 3.8) is 0 Å². The van der Waals surface area contributed by atoms with E-state index in [4.69, 9.17) is 9.47 Å². The van der Waals surface area contributed by atoms with E-state index in [2.05, 4.69) is 78.0 Å². The number of methoxy groups -OCH3 is 1. The van der Waals surface area contributed by atoms with Gasteiger partial charge in [-0.15, -0.1) is 0 Å². The molecular formula is C53H65N7O7. The highest BCUT2D eigenvalue weighted by molar-refractivity contribution is 6.00. The Hall–Kier alpha value is -6.12. The van der Waals surface area contributed by atoms with Crippen LogP contribution in [0.5, 0.6) is 0 Å². The van der Waals surface area contributed by atoms with Crippen LogP contribution in [0.2, 0.25) is 0 Å². The van der Waals surface area contributed by atoms with Crippen molar-refractivity contribution in [3.8, 4) is 22.4 Å². The number of likely N-dealkylation sites (N-methyl/N-ethyl adjacent to an activating group) is 1. The summed E-state index contributed by atoms with van der Waals surface area (Å²) in [6.07, 6.45) is 7.65. The third kappa shape index (κ3) is 9.17. The Morgan fingerprint density at radius 3 is 2.58 bits per heavy atom. The van der Waals surface area contributed by atoms with Crippen molar-refractivity contribution in [2.75, 3.05) is 40.4 Å². The molecule has 1 saturated carbocycles. The maximum Gasteiger partial charge on any atom is 0.324 e. The van der Waals surface area contributed by atoms with Gasteiger partial charge in [-0.2, -0.15) is 0 Å². The lowest BCUT2D eigenvalue weighted by Gasteiger charge is -2.36. The number of carbonyl (C=O) groups excluding carboxylic acids is 5. The van der Waals surface area contributed by atoms with Gasteiger partial charge in [0, 0.05) is 80.7 Å². The third-order valence-corrected chi connectivity index (χ3v) is 14.3. The number of ether oxygens (including phenoxy) is 2. The Kier molecular flexibility index (Phi) is 13.3. The third-order valence-electron chi connectivity index (χ3n) is 14.3. The predicted molar refractivity (Wildman–Crippen MR) is 257 cm³/mol. The minimum Gasteiger partial charge on any atom is -0.464 e. The summed E-state index contributed by atoms with van der Waals surface area (Å²) in [4.78, 5) is 77.1. The Morgan fingerprint density at radius 2 is 1.85 bits per heavy atom. The van der Waals surface area contributed by atoms with E-state index in [-0.39, 0.29) is 42.7 Å². The van der Waals surface area contributed by atoms with Gasteiger partial charge in [0.1, 0.15) is 11.7 Å². The zero-order valence-electron chi connectivity index (χ0n) is 40.2. The highest BCUT2D eigenvalue weighted by Crippen LogP contribution is 2.51. The second-order valence-electron chi connectivity index (χ2n) is 19.9. The predicted octanol–water partition coefficient (Wildman–Crippen LogP) is 6.92. The highest BCUT2D eigenvalue weighted by Gasteiger charge is 2.62. The number of pyridine rings is 1. The van der Waals surface area contributed by atoms with Gasteiger partial charge in [0.05, 0.1) is 29.7 Å². The molecule has 3 fully saturated rings. The van der Waals surface area contributed by atoms with E-state index >= 15 is 0 Å². The van der Waals surface area contributed by atoms with Crippen molar-refractivity contribution in [1.29, 1.82) is 0 Å². The van der Waals surface area contributed by atoms with Crippen LogP contribution in [0.3, 0.4) is 0 Å². The molecule has 354 valence electrons. The number of cyclic esters (lactones) is 1. The van der Waals surface area contributed by atoms with Gasteiger partial charge in [-0.3, -0.25) is 34.0 Å². The van der Waals surface area contributed by atoms with Gasteiger partial charge < -0.3 is 29.2 Å². The van der Waals surface area contributed by atoms with E-state index in [1.165, 1.54) is 11.0 Å². The van der Waals surface area contributed by atoms with Crippen molar-refractivity contribution in [1.82, 2.24) is 35.1 Å². The van der Waals surface area contributed by atoms with Gasteiger partial charge in [0.2, 0.25) is 17.7 Å². The summed E-state index contributed by atoms with van der Waals surface area (Å²) in [7, 11) is 3.30. The highest BCUT2D eigenvalue weighted by atomic mass is 16.5. The summed E-state index contributed by atoms with van der Waals surface area (Å²) in [6, 6.07) is 15.6. The molecule has 2 aromatic carbocycles. The summed E-state index contributed by atoms with van der Waals surface area (Å²) in [5.41, 5.74) is 10.8. The molecule has 6 bridgehead atoms. The first-order valence-electron chi connectivity index (χ1n) is 23.6. The molecule has 0 radical (unpaired) electrons. The molecule has 5 atom stereocenters. The first kappa shape index (κ1) is 47.4. The molecule has 1 spiro atoms. The van der Waals surface area contributed by atoms with Crippen LogP contribution < -0.4 is 10.7 Å². The maximum absolute atomic E-state index is 15.0. The van der Waals surface area contributed by atoms with E-state index in [1.807, 2.05) is 31.3 Å². The van der Waals surface area contributed by atoms with Crippen molar-refractivity contribution in [2.24, 2.45) is 16.7 Å². The van der Waals surface area contributed by atoms with E-state index in [0.717, 1.165) is 50.0 Å². The fourth-order valence-corrected chi connectivity index (χ4v) is 10.6. The molecule has 4 aromatic rings. The number of nitrogens with zero attached hydrogens (tertiary/aromatic N) is 5. The number of benzene rings is 2. The van der Waals surface area contributed by atoms with E-state index < -0.39 is 40.7 Å². The number of allylic oxidation sites excluding steroid dienone is 1. The molecule has 2 unspecified atom stereocenters. The van der Waals surface area contributed by atoms with Gasteiger partial charge in [-0.1, -0.05) is 50.8 Å². The van der Waals surface area contributed by atoms with Gasteiger partial charge in [0.25, 0.3) is 5.91 Å². The number of rotatable bonds is 9. The molecule has 2 aromatic heterocycles. The number of aromatic nitrogens is 2. The molecule has 3 aliphatic heterocycles. The van der Waals surface area contributed by atoms with Crippen LogP contribution in [0.15, 0.2) is 84.8 Å². The molecule has 14 nitrogen and oxygen atoms in total. The second kappa shape index (κ2) is 18.9. The Labute approximate surface area is 393 Å². The standard InChI is InChI=1S/C53H65N7O7/c1-10-45(61)58-23-20-37(30-58)49(63)57(8)46(32(3)4)48(62)55-44-28-53(44)26-34-14-12-15-35(24-34)36-17-18-43-39(25-36)40(47(59(43)11-2)41-29-54-21-19-38(41)33(5)66-9)27-52(6,7)31-67-50(64)42-16-13-22-60(56-42)51(53)65/h10,12,14-15,17-19,21,24-25,29,33,37,42,44,56H,1,11,13,16,20,22-23,26-28,30-31H2,2-9H3,(H,55,62)/t33-,37-,42-,44?,53?/m0/s1. The van der Waals surface area contributed by atoms with Crippen molar-refractivity contribution >= 4 is 40.5 Å². The number of nitrogens with one attached hydrogen (secondary N) is 2. The number of fused-ring (bicyclic) bond motifs is 6. The summed E-state index contributed by atoms with van der Waals surface area (Å²) in [5, 5.41) is 5.81. The van der Waals surface area contributed by atoms with Gasteiger partial charge >= 0.3 is 5.97 Å². The first-order chi connectivity index (χ1) is 32.0. The number of hydrogen-bond acceptors (Lipinski definition) is 9. The van der Waals surface area contributed by atoms with E-state index in [0.29, 0.717) is 63.7 Å². The van der Waals surface area contributed by atoms with Crippen LogP contribution in [0.25, 0.3) is 33.3 Å². The molecule has 2 N–H and O–H groups in total. The molecule has 8 rings (SSSR count). The first-order valence-corrected chi connectivity index (χ1v) is 23.6. The monoisotopic (exact) mass is 911 g/mol. The van der Waals surface area contributed by atoms with Crippen LogP contribution in [-0.2, 0) is 52.8 Å². The molecule has 1 aliphatic carbocycles. The molecule has 2 saturated heterocycles. The number of amides is 4. The minimum atomic E-state index is -1.04. The van der Waals surface area contributed by atoms with E-state index in [1.54, 1.807) is 44.1 Å². The van der Waals surface area contributed by atoms with E-state index in [9.17, 15) is 24.0 Å². The van der Waals surface area contributed by atoms with Crippen LogP contribution in [-0.4, -0.2) is 106 Å². The summed E-state index contributed by atoms with van der Waals surface area (Å²) in [6.45, 7) is 17.5. The maximum atomic E-state index is 15.0. The van der Waals surface area contributed by atoms with Crippen molar-refractivity contribution < 1.29 is 33.4 Å². The quantitative estimate of drug-likeness (QED) is 0.135. The number of hydrazine groups is 1. The van der Waals surface area contributed by atoms with Crippen LogP contribution >= 0.6 is 0 Å². The zero-order chi connectivity index (χ0) is 47.9. The summed E-state index contributed by atoms with van der Waals surface area (Å²) < 4.78 is 14.4. The van der Waals surface area contributed by atoms with Gasteiger partial charge in [0.15, 0.2) is 0 Å². The topological polar surface area (TPSA) is 155 Å². The fourth-order valence-electron chi connectivity index (χ4n) is 10.6. The summed E-state index contributed by atoms with van der Waals surface area (Å²) >= 11 is 0. The number of hydrogen-bond donors (Lipinski definition) is 2. The smallest absolute Gasteiger partial charge is 0.324 e. The molecule has 67 heavy (non-hydrogen) atoms. The zero-order valence-corrected chi connectivity index (χ0v) is 40.2. The minimum absolute atomic E-state index is 0.153. The molecule has 4 aliphatic rings. The molecule has 5 heterocycles. The molecule has 14 heteroatoms. The summed E-state index contributed by atoms with van der Waals surface area (Å²) in [5.74, 6) is -2.03. The van der Waals surface area contributed by atoms with Crippen molar-refractivity contribution in [2.45, 2.75) is 105 Å². The Bertz CT molecular complexity index is 2660. The number of likely N-dealkylation sites (tertiary alicyclic amines) is 1. The lowest BCUT2D eigenvalue weighted by Crippen LogP contribution is -2.58. The number of aryl methyl sites for hydroxylation is 1. The van der Waals surface area contributed by atoms with Gasteiger partial charge in [-0.05, 0) is 124 Å². The largest absolute Gasteiger partial charge is 0.464 e. The average Bonchev–Trinajstić information content (AvgIpc) is 3.62. The average molecular weight is 912 g/mol. The van der Waals surface area contributed by atoms with Crippen LogP contribution in [0.1, 0.15) is 90.0 Å². The Morgan fingerprint density at radius 1 is 1.07 bits per heavy atom. The molecular weight excluding hydrogens is 847 g/mol. The van der Waals surface area contributed by atoms with Crippen molar-refractivity contribution in [3.05, 3.63) is 102 Å². The van der Waals surface area contributed by atoms with Crippen LogP contribution in [0, 0.1) is 16.7 Å². The SMILES string of the molecule is C=CC(=O)N1CC[C@H](C(=O)N(C)C(C(=O)NC2CC23Cc2cccc(c2)-c2ccc4c(c2)c(c(-c2cnccc2[C@H](C)OC)n4CC)CC(C)(C)COC(=O)[C@@H]2CCCN(N2)C3=O)=C(C)C)C1.